The Balaban J connectivity index is 1.95. The number of benzene rings is 1. The number of hydrogen-bond acceptors (Lipinski definition) is 4. The van der Waals surface area contributed by atoms with Gasteiger partial charge in [-0.1, -0.05) is 29.8 Å². The lowest BCUT2D eigenvalue weighted by atomic mass is 9.89. The molecule has 116 valence electrons. The quantitative estimate of drug-likeness (QED) is 0.641. The number of carbonyl (C=O) groups excluding carboxylic acids is 2. The van der Waals surface area contributed by atoms with Crippen LogP contribution in [0.5, 0.6) is 0 Å². The van der Waals surface area contributed by atoms with E-state index in [9.17, 15) is 9.59 Å². The third-order valence-electron chi connectivity index (χ3n) is 4.20. The Bertz CT molecular complexity index is 1000. The van der Waals surface area contributed by atoms with E-state index in [4.69, 9.17) is 0 Å². The van der Waals surface area contributed by atoms with Crippen molar-refractivity contribution in [3.63, 3.8) is 0 Å². The molecule has 0 atom stereocenters. The van der Waals surface area contributed by atoms with E-state index in [0.717, 1.165) is 17.0 Å². The molecule has 0 spiro atoms. The molecular weight excluding hydrogens is 300 g/mol. The molecule has 1 aliphatic rings. The highest BCUT2D eigenvalue weighted by molar-refractivity contribution is 6.52. The number of nitrogens with zero attached hydrogens (tertiary/aromatic N) is 2. The highest BCUT2D eigenvalue weighted by Crippen LogP contribution is 2.32. The molecular formula is C20H14N2O2. The van der Waals surface area contributed by atoms with Crippen molar-refractivity contribution < 1.29 is 9.59 Å². The van der Waals surface area contributed by atoms with E-state index in [1.54, 1.807) is 24.3 Å². The summed E-state index contributed by atoms with van der Waals surface area (Å²) in [5, 5.41) is 0. The fraction of sp³-hybridized carbons (Fsp3) is 0.100. The van der Waals surface area contributed by atoms with Gasteiger partial charge in [-0.3, -0.25) is 14.6 Å². The number of hydrogen-bond donors (Lipinski definition) is 0. The van der Waals surface area contributed by atoms with Gasteiger partial charge in [0, 0.05) is 11.3 Å². The second-order valence-electron chi connectivity index (χ2n) is 5.97. The van der Waals surface area contributed by atoms with Crippen LogP contribution in [0.25, 0.3) is 22.6 Å². The van der Waals surface area contributed by atoms with Gasteiger partial charge >= 0.3 is 0 Å². The lowest BCUT2D eigenvalue weighted by Crippen LogP contribution is -2.23. The molecule has 0 aliphatic heterocycles. The lowest BCUT2D eigenvalue weighted by Gasteiger charge is -2.17. The number of aromatic nitrogens is 2. The minimum Gasteiger partial charge on any atom is -0.285 e. The number of fused-ring (bicyclic) bond motifs is 3. The molecule has 0 bridgehead atoms. The molecule has 0 saturated carbocycles. The highest BCUT2D eigenvalue weighted by atomic mass is 16.2. The summed E-state index contributed by atoms with van der Waals surface area (Å²) in [7, 11) is 0. The van der Waals surface area contributed by atoms with Crippen LogP contribution >= 0.6 is 0 Å². The number of aryl methyl sites for hydroxylation is 2. The molecule has 4 nitrogen and oxygen atoms in total. The number of pyridine rings is 2. The first kappa shape index (κ1) is 14.5. The van der Waals surface area contributed by atoms with E-state index in [2.05, 4.69) is 9.97 Å². The topological polar surface area (TPSA) is 59.9 Å². The first-order valence-corrected chi connectivity index (χ1v) is 7.70. The van der Waals surface area contributed by atoms with Crippen molar-refractivity contribution in [2.24, 2.45) is 0 Å². The predicted octanol–water partition coefficient (Wildman–Crippen LogP) is 3.81. The third-order valence-corrected chi connectivity index (χ3v) is 4.20. The highest BCUT2D eigenvalue weighted by Gasteiger charge is 2.32. The van der Waals surface area contributed by atoms with E-state index < -0.39 is 11.6 Å². The number of rotatable bonds is 1. The Kier molecular flexibility index (Phi) is 3.13. The smallest absolute Gasteiger partial charge is 0.235 e. The Morgan fingerprint density at radius 1 is 0.667 bits per heavy atom. The van der Waals surface area contributed by atoms with Gasteiger partial charge in [0.1, 0.15) is 11.4 Å². The largest absolute Gasteiger partial charge is 0.285 e. The summed E-state index contributed by atoms with van der Waals surface area (Å²) in [4.78, 5) is 33.7. The van der Waals surface area contributed by atoms with Gasteiger partial charge in [0.2, 0.25) is 11.6 Å². The van der Waals surface area contributed by atoms with E-state index in [1.807, 2.05) is 38.1 Å². The summed E-state index contributed by atoms with van der Waals surface area (Å²) in [6, 6.07) is 14.8. The zero-order valence-corrected chi connectivity index (χ0v) is 13.3. The summed E-state index contributed by atoms with van der Waals surface area (Å²) in [6.45, 7) is 3.88. The number of carbonyl (C=O) groups is 2. The molecule has 4 heteroatoms. The molecule has 1 aliphatic carbocycles. The molecule has 2 aromatic heterocycles. The molecule has 0 N–H and O–H groups in total. The van der Waals surface area contributed by atoms with Crippen LogP contribution in [0.15, 0.2) is 48.5 Å². The molecule has 0 unspecified atom stereocenters. The van der Waals surface area contributed by atoms with E-state index >= 15 is 0 Å². The zero-order valence-electron chi connectivity index (χ0n) is 13.3. The van der Waals surface area contributed by atoms with Crippen LogP contribution in [-0.4, -0.2) is 21.5 Å². The van der Waals surface area contributed by atoms with Crippen LogP contribution in [0.2, 0.25) is 0 Å². The van der Waals surface area contributed by atoms with Crippen LogP contribution in [0.3, 0.4) is 0 Å². The fourth-order valence-electron chi connectivity index (χ4n) is 2.87. The SMILES string of the molecule is Cc1ccc(-c2ccc3c(n2)-c2nc(C)ccc2C(=O)C3=O)cc1. The second-order valence-corrected chi connectivity index (χ2v) is 5.97. The maximum absolute atomic E-state index is 12.3. The summed E-state index contributed by atoms with van der Waals surface area (Å²) < 4.78 is 0. The van der Waals surface area contributed by atoms with Gasteiger partial charge in [-0.2, -0.15) is 0 Å². The van der Waals surface area contributed by atoms with Crippen molar-refractivity contribution in [2.45, 2.75) is 13.8 Å². The summed E-state index contributed by atoms with van der Waals surface area (Å²) in [5.41, 5.74) is 5.28. The van der Waals surface area contributed by atoms with Crippen molar-refractivity contribution in [1.82, 2.24) is 9.97 Å². The Morgan fingerprint density at radius 2 is 1.25 bits per heavy atom. The summed E-state index contributed by atoms with van der Waals surface area (Å²) in [6.07, 6.45) is 0. The van der Waals surface area contributed by atoms with E-state index in [0.29, 0.717) is 22.5 Å². The standard InChI is InChI=1S/C20H14N2O2/c1-11-3-6-13(7-4-11)16-10-9-15-18(22-16)17-14(19(23)20(15)24)8-5-12(2)21-17/h3-10H,1-2H3. The van der Waals surface area contributed by atoms with Crippen LogP contribution < -0.4 is 0 Å². The van der Waals surface area contributed by atoms with E-state index in [1.165, 1.54) is 5.56 Å². The van der Waals surface area contributed by atoms with Gasteiger partial charge in [-0.25, -0.2) is 4.98 Å². The average molecular weight is 314 g/mol. The molecule has 3 aromatic rings. The first-order chi connectivity index (χ1) is 11.5. The molecule has 24 heavy (non-hydrogen) atoms. The Hall–Kier alpha value is -3.14. The van der Waals surface area contributed by atoms with Gasteiger partial charge in [-0.15, -0.1) is 0 Å². The molecule has 2 heterocycles. The molecule has 1 aromatic carbocycles. The van der Waals surface area contributed by atoms with Gasteiger partial charge in [0.15, 0.2) is 0 Å². The molecule has 0 saturated heterocycles. The predicted molar refractivity (Wildman–Crippen MR) is 91.0 cm³/mol. The van der Waals surface area contributed by atoms with Crippen LogP contribution in [0, 0.1) is 13.8 Å². The van der Waals surface area contributed by atoms with Crippen molar-refractivity contribution in [3.8, 4) is 22.6 Å². The maximum Gasteiger partial charge on any atom is 0.235 e. The Labute approximate surface area is 139 Å². The second kappa shape index (κ2) is 5.20. The monoisotopic (exact) mass is 314 g/mol. The van der Waals surface area contributed by atoms with Crippen molar-refractivity contribution >= 4 is 11.6 Å². The average Bonchev–Trinajstić information content (AvgIpc) is 2.60. The van der Waals surface area contributed by atoms with Crippen molar-refractivity contribution in [1.29, 1.82) is 0 Å². The molecule has 0 amide bonds. The van der Waals surface area contributed by atoms with Crippen LogP contribution in [-0.2, 0) is 0 Å². The third kappa shape index (κ3) is 2.15. The molecule has 0 radical (unpaired) electrons. The van der Waals surface area contributed by atoms with Gasteiger partial charge in [0.25, 0.3) is 0 Å². The lowest BCUT2D eigenvalue weighted by molar-refractivity contribution is 0.0814. The van der Waals surface area contributed by atoms with Gasteiger partial charge in [-0.05, 0) is 38.1 Å². The number of ketones is 2. The summed E-state index contributed by atoms with van der Waals surface area (Å²) in [5.74, 6) is -1.04. The maximum atomic E-state index is 12.3. The first-order valence-electron chi connectivity index (χ1n) is 7.70. The van der Waals surface area contributed by atoms with Crippen molar-refractivity contribution in [2.75, 3.05) is 0 Å². The minimum absolute atomic E-state index is 0.321. The van der Waals surface area contributed by atoms with Crippen LogP contribution in [0.1, 0.15) is 32.0 Å². The normalized spacial score (nSPS) is 12.8. The zero-order chi connectivity index (χ0) is 16.8. The number of Topliss-reactive ketones (excluding diaryl/α,β-unsaturated/α-hetero) is 2. The van der Waals surface area contributed by atoms with Gasteiger partial charge < -0.3 is 0 Å². The summed E-state index contributed by atoms with van der Waals surface area (Å²) >= 11 is 0. The molecule has 4 rings (SSSR count). The minimum atomic E-state index is -0.522. The van der Waals surface area contributed by atoms with Crippen molar-refractivity contribution in [3.05, 3.63) is 70.9 Å². The molecule has 0 fully saturated rings. The fourth-order valence-corrected chi connectivity index (χ4v) is 2.87. The van der Waals surface area contributed by atoms with E-state index in [-0.39, 0.29) is 0 Å². The Morgan fingerprint density at radius 3 is 1.92 bits per heavy atom. The van der Waals surface area contributed by atoms with Crippen LogP contribution in [0.4, 0.5) is 0 Å². The van der Waals surface area contributed by atoms with Gasteiger partial charge in [0.05, 0.1) is 16.8 Å².